The fourth-order valence-corrected chi connectivity index (χ4v) is 6.05. The molecule has 3 aromatic carbocycles. The molecule has 2 heterocycles. The van der Waals surface area contributed by atoms with Gasteiger partial charge in [0, 0.05) is 31.2 Å². The third-order valence-corrected chi connectivity index (χ3v) is 8.58. The first-order valence-electron chi connectivity index (χ1n) is 12.2. The molecule has 1 fully saturated rings. The molecule has 2 aliphatic rings. The Labute approximate surface area is 212 Å². The van der Waals surface area contributed by atoms with E-state index in [1.54, 1.807) is 31.4 Å². The Hall–Kier alpha value is -3.07. The van der Waals surface area contributed by atoms with Gasteiger partial charge >= 0.3 is 0 Å². The molecule has 0 unspecified atom stereocenters. The molecule has 36 heavy (non-hydrogen) atoms. The number of sulfonamides is 1. The van der Waals surface area contributed by atoms with Gasteiger partial charge in [-0.25, -0.2) is 8.42 Å². The number of rotatable bonds is 7. The fraction of sp³-hybridized carbons (Fsp3) is 0.357. The van der Waals surface area contributed by atoms with Crippen LogP contribution >= 0.6 is 0 Å². The Balaban J connectivity index is 1.51. The summed E-state index contributed by atoms with van der Waals surface area (Å²) in [6.45, 7) is 4.69. The van der Waals surface area contributed by atoms with Crippen LogP contribution in [0.3, 0.4) is 0 Å². The monoisotopic (exact) mass is 509 g/mol. The first-order valence-corrected chi connectivity index (χ1v) is 13.6. The van der Waals surface area contributed by atoms with Crippen LogP contribution in [-0.2, 0) is 21.3 Å². The summed E-state index contributed by atoms with van der Waals surface area (Å²) in [5, 5.41) is 0. The van der Waals surface area contributed by atoms with Gasteiger partial charge in [-0.15, -0.1) is 0 Å². The molecule has 0 aliphatic carbocycles. The SMILES string of the molecule is COc1ccc(S(=O)(=O)N2CCOc3c(cc(-c4ccccc4C)cc3OC[C@H]3CCOC3)C2)cc1. The third kappa shape index (κ3) is 5.07. The minimum absolute atomic E-state index is 0.187. The molecule has 0 spiro atoms. The molecule has 0 saturated carbocycles. The lowest BCUT2D eigenvalue weighted by molar-refractivity contribution is 0.165. The van der Waals surface area contributed by atoms with E-state index in [1.807, 2.05) is 24.3 Å². The highest BCUT2D eigenvalue weighted by molar-refractivity contribution is 7.89. The molecule has 0 radical (unpaired) electrons. The van der Waals surface area contributed by atoms with E-state index in [0.717, 1.165) is 35.3 Å². The Bertz CT molecular complexity index is 1320. The van der Waals surface area contributed by atoms with Gasteiger partial charge in [0.25, 0.3) is 0 Å². The van der Waals surface area contributed by atoms with E-state index in [0.29, 0.717) is 36.4 Å². The normalized spacial score (nSPS) is 18.2. The predicted octanol–water partition coefficient (Wildman–Crippen LogP) is 4.67. The van der Waals surface area contributed by atoms with Gasteiger partial charge in [0.05, 0.1) is 25.2 Å². The van der Waals surface area contributed by atoms with Gasteiger partial charge in [0.1, 0.15) is 12.4 Å². The summed E-state index contributed by atoms with van der Waals surface area (Å²) in [4.78, 5) is 0.222. The number of fused-ring (bicyclic) bond motifs is 1. The Morgan fingerprint density at radius 2 is 1.86 bits per heavy atom. The van der Waals surface area contributed by atoms with Crippen molar-refractivity contribution in [2.75, 3.05) is 40.1 Å². The minimum atomic E-state index is -3.74. The largest absolute Gasteiger partial charge is 0.497 e. The van der Waals surface area contributed by atoms with Gasteiger partial charge in [-0.3, -0.25) is 0 Å². The highest BCUT2D eigenvalue weighted by Gasteiger charge is 2.30. The standard InChI is InChI=1S/C28H31NO6S/c1-20-5-3-4-6-26(20)22-15-23-17-29(36(30,31)25-9-7-24(32-2)8-10-25)12-14-34-28(23)27(16-22)35-19-21-11-13-33-18-21/h3-10,15-16,21H,11-14,17-19H2,1-2H3/t21-/m0/s1. The number of ether oxygens (including phenoxy) is 4. The molecule has 3 aromatic rings. The summed E-state index contributed by atoms with van der Waals surface area (Å²) in [6.07, 6.45) is 0.967. The molecule has 7 nitrogen and oxygen atoms in total. The van der Waals surface area contributed by atoms with Crippen LogP contribution in [0, 0.1) is 12.8 Å². The minimum Gasteiger partial charge on any atom is -0.497 e. The van der Waals surface area contributed by atoms with Crippen LogP contribution in [0.5, 0.6) is 17.2 Å². The second-order valence-corrected chi connectivity index (χ2v) is 11.1. The van der Waals surface area contributed by atoms with Gasteiger partial charge in [-0.1, -0.05) is 24.3 Å². The maximum atomic E-state index is 13.5. The van der Waals surface area contributed by atoms with Crippen LogP contribution in [0.4, 0.5) is 0 Å². The Morgan fingerprint density at radius 1 is 1.06 bits per heavy atom. The quantitative estimate of drug-likeness (QED) is 0.461. The summed E-state index contributed by atoms with van der Waals surface area (Å²) < 4.78 is 51.6. The highest BCUT2D eigenvalue weighted by Crippen LogP contribution is 2.40. The molecule has 1 atom stereocenters. The van der Waals surface area contributed by atoms with Crippen molar-refractivity contribution < 1.29 is 27.4 Å². The van der Waals surface area contributed by atoms with Crippen molar-refractivity contribution in [2.24, 2.45) is 5.92 Å². The summed E-state index contributed by atoms with van der Waals surface area (Å²) in [7, 11) is -2.18. The van der Waals surface area contributed by atoms with Crippen molar-refractivity contribution in [2.45, 2.75) is 24.8 Å². The lowest BCUT2D eigenvalue weighted by atomic mass is 9.98. The summed E-state index contributed by atoms with van der Waals surface area (Å²) in [6, 6.07) is 18.6. The van der Waals surface area contributed by atoms with Crippen LogP contribution in [-0.4, -0.2) is 52.8 Å². The molecule has 0 amide bonds. The van der Waals surface area contributed by atoms with E-state index < -0.39 is 10.0 Å². The summed E-state index contributed by atoms with van der Waals surface area (Å²) >= 11 is 0. The molecular formula is C28H31NO6S. The first kappa shape index (κ1) is 24.6. The topological polar surface area (TPSA) is 74.3 Å². The second-order valence-electron chi connectivity index (χ2n) is 9.18. The zero-order valence-electron chi connectivity index (χ0n) is 20.6. The molecule has 8 heteroatoms. The van der Waals surface area contributed by atoms with E-state index >= 15 is 0 Å². The van der Waals surface area contributed by atoms with E-state index in [-0.39, 0.29) is 24.6 Å². The lowest BCUT2D eigenvalue weighted by Crippen LogP contribution is -2.32. The fourth-order valence-electron chi connectivity index (χ4n) is 4.64. The van der Waals surface area contributed by atoms with E-state index in [4.69, 9.17) is 18.9 Å². The Morgan fingerprint density at radius 3 is 2.58 bits per heavy atom. The van der Waals surface area contributed by atoms with Crippen LogP contribution < -0.4 is 14.2 Å². The van der Waals surface area contributed by atoms with E-state index in [2.05, 4.69) is 19.1 Å². The van der Waals surface area contributed by atoms with Gasteiger partial charge in [-0.05, 0) is 66.4 Å². The highest BCUT2D eigenvalue weighted by atomic mass is 32.2. The zero-order valence-corrected chi connectivity index (χ0v) is 21.4. The number of hydrogen-bond donors (Lipinski definition) is 0. The smallest absolute Gasteiger partial charge is 0.243 e. The summed E-state index contributed by atoms with van der Waals surface area (Å²) in [5.74, 6) is 2.19. The van der Waals surface area contributed by atoms with Crippen LogP contribution in [0.25, 0.3) is 11.1 Å². The van der Waals surface area contributed by atoms with E-state index in [9.17, 15) is 8.42 Å². The van der Waals surface area contributed by atoms with Crippen LogP contribution in [0.15, 0.2) is 65.6 Å². The summed E-state index contributed by atoms with van der Waals surface area (Å²) in [5.41, 5.74) is 3.95. The number of nitrogens with zero attached hydrogens (tertiary/aromatic N) is 1. The molecule has 1 saturated heterocycles. The molecule has 0 aromatic heterocycles. The molecular weight excluding hydrogens is 478 g/mol. The van der Waals surface area contributed by atoms with Crippen molar-refractivity contribution in [3.05, 3.63) is 71.8 Å². The average Bonchev–Trinajstić information content (AvgIpc) is 3.32. The Kier molecular flexibility index (Phi) is 7.18. The van der Waals surface area contributed by atoms with Gasteiger partial charge in [-0.2, -0.15) is 4.31 Å². The van der Waals surface area contributed by atoms with Crippen molar-refractivity contribution in [3.8, 4) is 28.4 Å². The van der Waals surface area contributed by atoms with Crippen molar-refractivity contribution in [1.82, 2.24) is 4.31 Å². The number of methoxy groups -OCH3 is 1. The van der Waals surface area contributed by atoms with Crippen molar-refractivity contribution in [1.29, 1.82) is 0 Å². The van der Waals surface area contributed by atoms with Crippen molar-refractivity contribution >= 4 is 10.0 Å². The van der Waals surface area contributed by atoms with Crippen molar-refractivity contribution in [3.63, 3.8) is 0 Å². The van der Waals surface area contributed by atoms with Gasteiger partial charge in [0.15, 0.2) is 11.5 Å². The maximum Gasteiger partial charge on any atom is 0.243 e. The maximum absolute atomic E-state index is 13.5. The van der Waals surface area contributed by atoms with Gasteiger partial charge < -0.3 is 18.9 Å². The first-order chi connectivity index (χ1) is 17.5. The van der Waals surface area contributed by atoms with Crippen LogP contribution in [0.2, 0.25) is 0 Å². The van der Waals surface area contributed by atoms with Crippen LogP contribution in [0.1, 0.15) is 17.5 Å². The zero-order chi connectivity index (χ0) is 25.1. The number of benzene rings is 3. The van der Waals surface area contributed by atoms with E-state index in [1.165, 1.54) is 4.31 Å². The second kappa shape index (κ2) is 10.5. The molecule has 0 bridgehead atoms. The van der Waals surface area contributed by atoms with Gasteiger partial charge in [0.2, 0.25) is 10.0 Å². The number of aryl methyl sites for hydroxylation is 1. The molecule has 2 aliphatic heterocycles. The predicted molar refractivity (Wildman–Crippen MR) is 137 cm³/mol. The molecule has 5 rings (SSSR count). The molecule has 0 N–H and O–H groups in total. The molecule has 190 valence electrons. The number of hydrogen-bond acceptors (Lipinski definition) is 6. The average molecular weight is 510 g/mol. The lowest BCUT2D eigenvalue weighted by Gasteiger charge is -2.21. The third-order valence-electron chi connectivity index (χ3n) is 6.72.